The first-order chi connectivity index (χ1) is 11.0. The van der Waals surface area contributed by atoms with E-state index < -0.39 is 5.91 Å². The number of hydrogen-bond acceptors (Lipinski definition) is 3. The average Bonchev–Trinajstić information content (AvgIpc) is 2.85. The van der Waals surface area contributed by atoms with E-state index in [1.54, 1.807) is 43.3 Å². The molecule has 1 heterocycles. The number of aromatic nitrogens is 1. The van der Waals surface area contributed by atoms with Crippen LogP contribution in [0.5, 0.6) is 0 Å². The molecule has 1 aromatic heterocycles. The number of fused-ring (bicyclic) bond motifs is 1. The van der Waals surface area contributed by atoms with Crippen molar-refractivity contribution in [2.45, 2.75) is 6.92 Å². The number of benzene rings is 2. The summed E-state index contributed by atoms with van der Waals surface area (Å²) in [6.07, 6.45) is 0. The zero-order valence-corrected chi connectivity index (χ0v) is 13.1. The molecular weight excluding hydrogens is 314 g/mol. The summed E-state index contributed by atoms with van der Waals surface area (Å²) >= 11 is 5.97. The van der Waals surface area contributed by atoms with E-state index in [1.165, 1.54) is 4.57 Å². The van der Waals surface area contributed by atoms with Gasteiger partial charge in [-0.1, -0.05) is 35.9 Å². The van der Waals surface area contributed by atoms with Crippen LogP contribution >= 0.6 is 11.6 Å². The monoisotopic (exact) mass is 327 g/mol. The van der Waals surface area contributed by atoms with Gasteiger partial charge in [0, 0.05) is 21.7 Å². The lowest BCUT2D eigenvalue weighted by Gasteiger charge is -2.07. The number of rotatable bonds is 2. The molecule has 23 heavy (non-hydrogen) atoms. The third kappa shape index (κ3) is 2.50. The summed E-state index contributed by atoms with van der Waals surface area (Å²) in [6.45, 7) is 1.72. The van der Waals surface area contributed by atoms with Gasteiger partial charge in [-0.15, -0.1) is 0 Å². The van der Waals surface area contributed by atoms with Crippen LogP contribution in [0.4, 0.5) is 0 Å². The second kappa shape index (κ2) is 5.87. The summed E-state index contributed by atoms with van der Waals surface area (Å²) in [5, 5.41) is 1.15. The Morgan fingerprint density at radius 1 is 1.13 bits per heavy atom. The van der Waals surface area contributed by atoms with Gasteiger partial charge in [-0.2, -0.15) is 0 Å². The fourth-order valence-electron chi connectivity index (χ4n) is 2.74. The topological polar surface area (TPSA) is 77.1 Å². The number of nitrogen functional groups attached to an aromatic ring is 1. The summed E-state index contributed by atoms with van der Waals surface area (Å²) < 4.78 is 1.51. The van der Waals surface area contributed by atoms with E-state index in [2.05, 4.69) is 5.43 Å². The largest absolute Gasteiger partial charge is 0.290 e. The Bertz CT molecular complexity index is 931. The molecular formula is C17H14ClN3O2. The van der Waals surface area contributed by atoms with Crippen LogP contribution in [0, 0.1) is 6.92 Å². The molecule has 1 amide bonds. The van der Waals surface area contributed by atoms with Crippen molar-refractivity contribution in [1.82, 2.24) is 9.99 Å². The maximum absolute atomic E-state index is 12.9. The maximum atomic E-state index is 12.9. The molecule has 0 bridgehead atoms. The Hall–Kier alpha value is -2.63. The van der Waals surface area contributed by atoms with E-state index in [0.29, 0.717) is 32.7 Å². The average molecular weight is 328 g/mol. The van der Waals surface area contributed by atoms with Gasteiger partial charge in [-0.05, 0) is 31.2 Å². The van der Waals surface area contributed by atoms with Gasteiger partial charge >= 0.3 is 0 Å². The highest BCUT2D eigenvalue weighted by Crippen LogP contribution is 2.27. The number of hydrazine groups is 1. The molecule has 2 aromatic carbocycles. The van der Waals surface area contributed by atoms with E-state index in [4.69, 9.17) is 17.4 Å². The molecule has 0 radical (unpaired) electrons. The van der Waals surface area contributed by atoms with E-state index >= 15 is 0 Å². The van der Waals surface area contributed by atoms with Crippen LogP contribution in [0.1, 0.15) is 26.4 Å². The molecule has 0 atom stereocenters. The standard InChI is InChI=1S/C17H14ClN3O2/c1-10-15(16(22)20-19)13-7-2-3-8-14(13)21(10)17(23)11-5-4-6-12(18)9-11/h2-9H,19H2,1H3,(H,20,22). The number of amides is 1. The van der Waals surface area contributed by atoms with Crippen molar-refractivity contribution >= 4 is 34.3 Å². The fourth-order valence-corrected chi connectivity index (χ4v) is 2.93. The van der Waals surface area contributed by atoms with Crippen molar-refractivity contribution in [3.05, 3.63) is 70.4 Å². The number of nitrogens with zero attached hydrogens (tertiary/aromatic N) is 1. The van der Waals surface area contributed by atoms with Gasteiger partial charge < -0.3 is 0 Å². The highest BCUT2D eigenvalue weighted by atomic mass is 35.5. The van der Waals surface area contributed by atoms with Crippen molar-refractivity contribution in [1.29, 1.82) is 0 Å². The van der Waals surface area contributed by atoms with Crippen molar-refractivity contribution in [3.8, 4) is 0 Å². The van der Waals surface area contributed by atoms with Crippen molar-refractivity contribution in [2.24, 2.45) is 5.84 Å². The molecule has 0 fully saturated rings. The lowest BCUT2D eigenvalue weighted by Crippen LogP contribution is -2.30. The van der Waals surface area contributed by atoms with Gasteiger partial charge in [0.2, 0.25) is 0 Å². The summed E-state index contributed by atoms with van der Waals surface area (Å²) in [6, 6.07) is 13.9. The molecule has 0 saturated heterocycles. The van der Waals surface area contributed by atoms with Crippen LogP contribution in [0.15, 0.2) is 48.5 Å². The van der Waals surface area contributed by atoms with E-state index in [-0.39, 0.29) is 5.91 Å². The summed E-state index contributed by atoms with van der Waals surface area (Å²) in [4.78, 5) is 25.0. The molecule has 0 aliphatic heterocycles. The van der Waals surface area contributed by atoms with Gasteiger partial charge in [-0.25, -0.2) is 5.84 Å². The number of nitrogens with one attached hydrogen (secondary N) is 1. The molecule has 0 spiro atoms. The predicted molar refractivity (Wildman–Crippen MR) is 89.5 cm³/mol. The first-order valence-corrected chi connectivity index (χ1v) is 7.33. The molecule has 5 nitrogen and oxygen atoms in total. The molecule has 3 rings (SSSR count). The van der Waals surface area contributed by atoms with Gasteiger partial charge in [0.1, 0.15) is 0 Å². The van der Waals surface area contributed by atoms with Gasteiger partial charge in [-0.3, -0.25) is 19.6 Å². The Morgan fingerprint density at radius 3 is 2.57 bits per heavy atom. The van der Waals surface area contributed by atoms with E-state index in [1.807, 2.05) is 12.1 Å². The third-order valence-corrected chi connectivity index (χ3v) is 3.98. The first-order valence-electron chi connectivity index (χ1n) is 6.96. The third-order valence-electron chi connectivity index (χ3n) is 3.74. The number of nitrogens with two attached hydrogens (primary N) is 1. The van der Waals surface area contributed by atoms with Crippen molar-refractivity contribution in [2.75, 3.05) is 0 Å². The molecule has 3 aromatic rings. The van der Waals surface area contributed by atoms with Crippen molar-refractivity contribution in [3.63, 3.8) is 0 Å². The second-order valence-electron chi connectivity index (χ2n) is 5.10. The maximum Gasteiger partial charge on any atom is 0.267 e. The Morgan fingerprint density at radius 2 is 1.87 bits per heavy atom. The molecule has 0 saturated carbocycles. The highest BCUT2D eigenvalue weighted by molar-refractivity contribution is 6.31. The summed E-state index contributed by atoms with van der Waals surface area (Å²) in [5.74, 6) is 4.58. The normalized spacial score (nSPS) is 10.7. The summed E-state index contributed by atoms with van der Waals surface area (Å²) in [5.41, 5.74) is 4.14. The lowest BCUT2D eigenvalue weighted by molar-refractivity contribution is 0.0954. The zero-order chi connectivity index (χ0) is 16.6. The minimum absolute atomic E-state index is 0.253. The highest BCUT2D eigenvalue weighted by Gasteiger charge is 2.23. The number of para-hydroxylation sites is 1. The van der Waals surface area contributed by atoms with Crippen LogP contribution in [-0.4, -0.2) is 16.4 Å². The molecule has 116 valence electrons. The number of halogens is 1. The van der Waals surface area contributed by atoms with Gasteiger partial charge in [0.25, 0.3) is 11.8 Å². The van der Waals surface area contributed by atoms with Gasteiger partial charge in [0.15, 0.2) is 0 Å². The minimum Gasteiger partial charge on any atom is -0.290 e. The van der Waals surface area contributed by atoms with Gasteiger partial charge in [0.05, 0.1) is 11.1 Å². The summed E-state index contributed by atoms with van der Waals surface area (Å²) in [7, 11) is 0. The SMILES string of the molecule is Cc1c(C(=O)NN)c2ccccc2n1C(=O)c1cccc(Cl)c1. The molecule has 6 heteroatoms. The van der Waals surface area contributed by atoms with Crippen LogP contribution in [0.2, 0.25) is 5.02 Å². The molecule has 3 N–H and O–H groups in total. The Kier molecular flexibility index (Phi) is 3.90. The van der Waals surface area contributed by atoms with E-state index in [0.717, 1.165) is 0 Å². The van der Waals surface area contributed by atoms with Crippen LogP contribution in [0.25, 0.3) is 10.9 Å². The molecule has 0 aliphatic rings. The van der Waals surface area contributed by atoms with Crippen LogP contribution in [-0.2, 0) is 0 Å². The number of carbonyl (C=O) groups is 2. The second-order valence-corrected chi connectivity index (χ2v) is 5.54. The van der Waals surface area contributed by atoms with Crippen molar-refractivity contribution < 1.29 is 9.59 Å². The molecule has 0 aliphatic carbocycles. The minimum atomic E-state index is -0.434. The predicted octanol–water partition coefficient (Wildman–Crippen LogP) is 2.90. The smallest absolute Gasteiger partial charge is 0.267 e. The quantitative estimate of drug-likeness (QED) is 0.431. The zero-order valence-electron chi connectivity index (χ0n) is 12.3. The van der Waals surface area contributed by atoms with Crippen LogP contribution in [0.3, 0.4) is 0 Å². The Balaban J connectivity index is 2.28. The van der Waals surface area contributed by atoms with Crippen LogP contribution < -0.4 is 11.3 Å². The fraction of sp³-hybridized carbons (Fsp3) is 0.0588. The molecule has 0 unspecified atom stereocenters. The first kappa shape index (κ1) is 15.3. The lowest BCUT2D eigenvalue weighted by atomic mass is 10.1. The van der Waals surface area contributed by atoms with E-state index in [9.17, 15) is 9.59 Å². The Labute approximate surface area is 137 Å². The number of hydrogen-bond donors (Lipinski definition) is 2. The number of carbonyl (C=O) groups excluding carboxylic acids is 2.